The Balaban J connectivity index is 1.77. The van der Waals surface area contributed by atoms with Crippen molar-refractivity contribution in [2.75, 3.05) is 12.8 Å². The van der Waals surface area contributed by atoms with Crippen LogP contribution in [0.15, 0.2) is 12.1 Å². The van der Waals surface area contributed by atoms with Crippen molar-refractivity contribution in [2.45, 2.75) is 56.8 Å². The number of carbonyl (C=O) groups is 1. The van der Waals surface area contributed by atoms with Crippen LogP contribution in [-0.4, -0.2) is 42.1 Å². The number of amides is 1. The minimum Gasteiger partial charge on any atom is -0.477 e. The molecule has 3 unspecified atom stereocenters. The molecule has 0 saturated carbocycles. The molecule has 2 fully saturated rings. The summed E-state index contributed by atoms with van der Waals surface area (Å²) in [5.41, 5.74) is 6.57. The molecule has 25 heavy (non-hydrogen) atoms. The first kappa shape index (κ1) is 17.9. The van der Waals surface area contributed by atoms with Gasteiger partial charge in [0.25, 0.3) is 5.91 Å². The van der Waals surface area contributed by atoms with Gasteiger partial charge in [0.05, 0.1) is 16.3 Å². The van der Waals surface area contributed by atoms with E-state index in [-0.39, 0.29) is 11.9 Å². The third-order valence-corrected chi connectivity index (χ3v) is 5.64. The van der Waals surface area contributed by atoms with E-state index in [4.69, 9.17) is 28.5 Å². The maximum Gasteiger partial charge on any atom is 0.255 e. The fraction of sp³-hybridized carbons (Fsp3) is 0.526. The van der Waals surface area contributed by atoms with Gasteiger partial charge in [-0.2, -0.15) is 0 Å². The molecule has 0 spiro atoms. The average molecular weight is 362 g/mol. The molecular weight excluding hydrogens is 338 g/mol. The van der Waals surface area contributed by atoms with Gasteiger partial charge in [0.1, 0.15) is 5.75 Å². The third kappa shape index (κ3) is 3.70. The Hall–Kier alpha value is -1.90. The highest BCUT2D eigenvalue weighted by Crippen LogP contribution is 2.35. The summed E-state index contributed by atoms with van der Waals surface area (Å²) in [6, 6.07) is 4.38. The molecule has 5 nitrogen and oxygen atoms in total. The maximum atomic E-state index is 12.8. The van der Waals surface area contributed by atoms with Gasteiger partial charge < -0.3 is 20.7 Å². The van der Waals surface area contributed by atoms with Crippen LogP contribution >= 0.6 is 11.6 Å². The first-order valence-corrected chi connectivity index (χ1v) is 9.01. The minimum absolute atomic E-state index is 0.162. The number of ether oxygens (including phenoxy) is 1. The van der Waals surface area contributed by atoms with Crippen LogP contribution in [0, 0.1) is 12.3 Å². The predicted molar refractivity (Wildman–Crippen MR) is 99.8 cm³/mol. The average Bonchev–Trinajstić information content (AvgIpc) is 2.79. The molecule has 1 aromatic rings. The first-order chi connectivity index (χ1) is 11.9. The van der Waals surface area contributed by atoms with E-state index in [1.165, 1.54) is 12.8 Å². The van der Waals surface area contributed by atoms with Gasteiger partial charge in [0.15, 0.2) is 6.10 Å². The van der Waals surface area contributed by atoms with E-state index < -0.39 is 6.10 Å². The zero-order valence-electron chi connectivity index (χ0n) is 14.6. The smallest absolute Gasteiger partial charge is 0.255 e. The molecule has 1 amide bonds. The fourth-order valence-electron chi connectivity index (χ4n) is 3.86. The highest BCUT2D eigenvalue weighted by Gasteiger charge is 2.39. The SMILES string of the molecule is C#CC(C)Oc1cc(N)c(Cl)cc1C(=O)NC1CC2CCC(C1)N2C. The second-order valence-electron chi connectivity index (χ2n) is 6.99. The van der Waals surface area contributed by atoms with E-state index in [0.29, 0.717) is 34.1 Å². The van der Waals surface area contributed by atoms with Crippen molar-refractivity contribution in [3.63, 3.8) is 0 Å². The molecule has 2 heterocycles. The number of halogens is 1. The molecule has 3 atom stereocenters. The molecule has 134 valence electrons. The number of hydrogen-bond donors (Lipinski definition) is 2. The number of carbonyl (C=O) groups excluding carboxylic acids is 1. The lowest BCUT2D eigenvalue weighted by molar-refractivity contribution is 0.0878. The van der Waals surface area contributed by atoms with E-state index in [9.17, 15) is 4.79 Å². The summed E-state index contributed by atoms with van der Waals surface area (Å²) in [6.45, 7) is 1.74. The fourth-order valence-corrected chi connectivity index (χ4v) is 4.02. The minimum atomic E-state index is -0.466. The van der Waals surface area contributed by atoms with Crippen LogP contribution in [-0.2, 0) is 0 Å². The highest BCUT2D eigenvalue weighted by molar-refractivity contribution is 6.33. The number of terminal acetylenes is 1. The molecule has 1 aromatic carbocycles. The van der Waals surface area contributed by atoms with Crippen molar-refractivity contribution in [3.05, 3.63) is 22.7 Å². The number of nitrogen functional groups attached to an aromatic ring is 1. The van der Waals surface area contributed by atoms with Crippen molar-refractivity contribution < 1.29 is 9.53 Å². The summed E-state index contributed by atoms with van der Waals surface area (Å²) in [5.74, 6) is 2.65. The Morgan fingerprint density at radius 1 is 1.44 bits per heavy atom. The zero-order valence-corrected chi connectivity index (χ0v) is 15.3. The molecule has 2 bridgehead atoms. The van der Waals surface area contributed by atoms with E-state index in [0.717, 1.165) is 12.8 Å². The molecule has 2 saturated heterocycles. The Kier molecular flexibility index (Phi) is 5.12. The number of benzene rings is 1. The number of fused-ring (bicyclic) bond motifs is 2. The van der Waals surface area contributed by atoms with Crippen molar-refractivity contribution >= 4 is 23.2 Å². The number of nitrogens with two attached hydrogens (primary N) is 1. The maximum absolute atomic E-state index is 12.8. The van der Waals surface area contributed by atoms with Crippen LogP contribution < -0.4 is 15.8 Å². The van der Waals surface area contributed by atoms with E-state index in [2.05, 4.69) is 23.2 Å². The third-order valence-electron chi connectivity index (χ3n) is 5.32. The van der Waals surface area contributed by atoms with Crippen molar-refractivity contribution in [1.82, 2.24) is 10.2 Å². The van der Waals surface area contributed by atoms with Crippen LogP contribution in [0.1, 0.15) is 43.0 Å². The first-order valence-electron chi connectivity index (χ1n) is 8.63. The van der Waals surface area contributed by atoms with Crippen molar-refractivity contribution in [1.29, 1.82) is 0 Å². The summed E-state index contributed by atoms with van der Waals surface area (Å²) in [5, 5.41) is 3.47. The Bertz CT molecular complexity index is 701. The summed E-state index contributed by atoms with van der Waals surface area (Å²) in [7, 11) is 2.17. The molecule has 6 heteroatoms. The molecule has 0 aromatic heterocycles. The van der Waals surface area contributed by atoms with Gasteiger partial charge in [-0.05, 0) is 45.7 Å². The number of piperidine rings is 1. The van der Waals surface area contributed by atoms with E-state index in [1.807, 2.05) is 0 Å². The van der Waals surface area contributed by atoms with Gasteiger partial charge in [-0.1, -0.05) is 17.5 Å². The number of hydrogen-bond acceptors (Lipinski definition) is 4. The van der Waals surface area contributed by atoms with Gasteiger partial charge in [-0.15, -0.1) is 6.42 Å². The van der Waals surface area contributed by atoms with Crippen LogP contribution in [0.2, 0.25) is 5.02 Å². The molecule has 2 aliphatic heterocycles. The summed E-state index contributed by atoms with van der Waals surface area (Å²) in [6.07, 6.45) is 9.26. The number of nitrogens with zero attached hydrogens (tertiary/aromatic N) is 1. The largest absolute Gasteiger partial charge is 0.477 e. The predicted octanol–water partition coefficient (Wildman–Crippen LogP) is 2.68. The molecule has 0 aliphatic carbocycles. The van der Waals surface area contributed by atoms with Gasteiger partial charge in [0.2, 0.25) is 0 Å². The molecule has 3 N–H and O–H groups in total. The van der Waals surface area contributed by atoms with E-state index in [1.54, 1.807) is 19.1 Å². The van der Waals surface area contributed by atoms with Crippen LogP contribution in [0.4, 0.5) is 5.69 Å². The molecule has 3 rings (SSSR count). The lowest BCUT2D eigenvalue weighted by atomic mass is 9.97. The summed E-state index contributed by atoms with van der Waals surface area (Å²) < 4.78 is 5.67. The highest BCUT2D eigenvalue weighted by atomic mass is 35.5. The second kappa shape index (κ2) is 7.15. The lowest BCUT2D eigenvalue weighted by Gasteiger charge is -2.36. The normalized spacial score (nSPS) is 26.7. The second-order valence-corrected chi connectivity index (χ2v) is 7.40. The Labute approximate surface area is 153 Å². The number of anilines is 1. The van der Waals surface area contributed by atoms with Crippen LogP contribution in [0.3, 0.4) is 0 Å². The zero-order chi connectivity index (χ0) is 18.1. The standard InChI is InChI=1S/C19H24ClN3O2/c1-4-11(2)25-18-10-17(21)16(20)9-15(18)19(24)22-12-7-13-5-6-14(8-12)23(13)3/h1,9-14H,5-8,21H2,2-3H3,(H,22,24). The van der Waals surface area contributed by atoms with Gasteiger partial charge >= 0.3 is 0 Å². The van der Waals surface area contributed by atoms with Crippen molar-refractivity contribution in [3.8, 4) is 18.1 Å². The molecular formula is C19H24ClN3O2. The summed E-state index contributed by atoms with van der Waals surface area (Å²) >= 11 is 6.11. The molecule has 2 aliphatic rings. The summed E-state index contributed by atoms with van der Waals surface area (Å²) in [4.78, 5) is 15.3. The Morgan fingerprint density at radius 2 is 2.08 bits per heavy atom. The lowest BCUT2D eigenvalue weighted by Crippen LogP contribution is -2.48. The van der Waals surface area contributed by atoms with Crippen LogP contribution in [0.25, 0.3) is 0 Å². The quantitative estimate of drug-likeness (QED) is 0.639. The molecule has 0 radical (unpaired) electrons. The van der Waals surface area contributed by atoms with Gasteiger partial charge in [-0.3, -0.25) is 4.79 Å². The number of nitrogens with one attached hydrogen (secondary N) is 1. The van der Waals surface area contributed by atoms with Crippen LogP contribution in [0.5, 0.6) is 5.75 Å². The number of rotatable bonds is 4. The van der Waals surface area contributed by atoms with Gasteiger partial charge in [-0.25, -0.2) is 0 Å². The van der Waals surface area contributed by atoms with Crippen molar-refractivity contribution in [2.24, 2.45) is 0 Å². The van der Waals surface area contributed by atoms with E-state index >= 15 is 0 Å². The monoisotopic (exact) mass is 361 g/mol. The Morgan fingerprint density at radius 3 is 2.68 bits per heavy atom. The topological polar surface area (TPSA) is 67.6 Å². The van der Waals surface area contributed by atoms with Gasteiger partial charge in [0, 0.05) is 24.2 Å².